The summed E-state index contributed by atoms with van der Waals surface area (Å²) in [7, 11) is 0. The lowest BCUT2D eigenvalue weighted by molar-refractivity contribution is 0.126. The van der Waals surface area contributed by atoms with Crippen LogP contribution in [0.1, 0.15) is 20.3 Å². The maximum atomic E-state index is 8.23. The minimum Gasteiger partial charge on any atom is -0.409 e. The summed E-state index contributed by atoms with van der Waals surface area (Å²) in [5.74, 6) is 0.868. The molecule has 0 spiro atoms. The zero-order valence-electron chi connectivity index (χ0n) is 8.99. The van der Waals surface area contributed by atoms with Gasteiger partial charge < -0.3 is 21.0 Å². The summed E-state index contributed by atoms with van der Waals surface area (Å²) in [6.07, 6.45) is 1.08. The van der Waals surface area contributed by atoms with Gasteiger partial charge in [0.2, 0.25) is 0 Å². The van der Waals surface area contributed by atoms with Crippen LogP contribution in [0.15, 0.2) is 5.16 Å². The molecule has 0 unspecified atom stereocenters. The first-order valence-electron chi connectivity index (χ1n) is 4.91. The number of amidine groups is 1. The molecule has 0 aliphatic rings. The standard InChI is InChI=1S/C9H21N3O2/c1-8(2)3-5-14-6-4-11-7-9(10)12-13/h8,11,13H,3-7H2,1-2H3,(H2,10,12). The van der Waals surface area contributed by atoms with Crippen molar-refractivity contribution in [2.45, 2.75) is 20.3 Å². The predicted octanol–water partition coefficient (Wildman–Crippen LogP) is 0.385. The van der Waals surface area contributed by atoms with Gasteiger partial charge in [0.15, 0.2) is 5.84 Å². The number of nitrogens with zero attached hydrogens (tertiary/aromatic N) is 1. The van der Waals surface area contributed by atoms with E-state index in [9.17, 15) is 0 Å². The third-order valence-corrected chi connectivity index (χ3v) is 1.70. The van der Waals surface area contributed by atoms with Crippen molar-refractivity contribution < 1.29 is 9.94 Å². The molecule has 0 atom stereocenters. The highest BCUT2D eigenvalue weighted by atomic mass is 16.5. The van der Waals surface area contributed by atoms with E-state index in [0.29, 0.717) is 25.6 Å². The van der Waals surface area contributed by atoms with Gasteiger partial charge in [-0.2, -0.15) is 0 Å². The third kappa shape index (κ3) is 9.28. The highest BCUT2D eigenvalue weighted by Gasteiger charge is 1.94. The summed E-state index contributed by atoms with van der Waals surface area (Å²) < 4.78 is 5.35. The van der Waals surface area contributed by atoms with Gasteiger partial charge in [-0.1, -0.05) is 19.0 Å². The fourth-order valence-electron chi connectivity index (χ4n) is 0.817. The van der Waals surface area contributed by atoms with Gasteiger partial charge >= 0.3 is 0 Å². The summed E-state index contributed by atoms with van der Waals surface area (Å²) in [4.78, 5) is 0. The third-order valence-electron chi connectivity index (χ3n) is 1.70. The highest BCUT2D eigenvalue weighted by molar-refractivity contribution is 5.81. The first kappa shape index (κ1) is 13.2. The summed E-state index contributed by atoms with van der Waals surface area (Å²) in [6.45, 7) is 6.90. The van der Waals surface area contributed by atoms with Gasteiger partial charge in [0, 0.05) is 13.2 Å². The first-order valence-corrected chi connectivity index (χ1v) is 4.91. The van der Waals surface area contributed by atoms with Crippen LogP contribution in [0.3, 0.4) is 0 Å². The van der Waals surface area contributed by atoms with Crippen molar-refractivity contribution >= 4 is 5.84 Å². The van der Waals surface area contributed by atoms with Gasteiger partial charge in [-0.05, 0) is 12.3 Å². The van der Waals surface area contributed by atoms with Crippen molar-refractivity contribution in [3.63, 3.8) is 0 Å². The van der Waals surface area contributed by atoms with Crippen LogP contribution >= 0.6 is 0 Å². The molecule has 14 heavy (non-hydrogen) atoms. The Balaban J connectivity index is 3.07. The van der Waals surface area contributed by atoms with E-state index in [1.165, 1.54) is 0 Å². The Kier molecular flexibility index (Phi) is 8.27. The molecule has 0 bridgehead atoms. The molecule has 4 N–H and O–H groups in total. The summed E-state index contributed by atoms with van der Waals surface area (Å²) in [5, 5.41) is 14.0. The Labute approximate surface area is 85.3 Å². The Morgan fingerprint density at radius 3 is 2.79 bits per heavy atom. The van der Waals surface area contributed by atoms with Crippen molar-refractivity contribution in [2.75, 3.05) is 26.3 Å². The lowest BCUT2D eigenvalue weighted by Gasteiger charge is -2.06. The Hall–Kier alpha value is -0.810. The second-order valence-corrected chi connectivity index (χ2v) is 3.56. The van der Waals surface area contributed by atoms with Gasteiger partial charge in [-0.25, -0.2) is 0 Å². The smallest absolute Gasteiger partial charge is 0.153 e. The van der Waals surface area contributed by atoms with Crippen LogP contribution in [0.2, 0.25) is 0 Å². The molecule has 0 aromatic rings. The summed E-state index contributed by atoms with van der Waals surface area (Å²) >= 11 is 0. The fraction of sp³-hybridized carbons (Fsp3) is 0.889. The average Bonchev–Trinajstić information content (AvgIpc) is 2.15. The summed E-state index contributed by atoms with van der Waals surface area (Å²) in [5.41, 5.74) is 5.25. The monoisotopic (exact) mass is 203 g/mol. The summed E-state index contributed by atoms with van der Waals surface area (Å²) in [6, 6.07) is 0. The number of hydrogen-bond acceptors (Lipinski definition) is 4. The Bertz CT molecular complexity index is 160. The number of nitrogens with two attached hydrogens (primary N) is 1. The number of nitrogens with one attached hydrogen (secondary N) is 1. The van der Waals surface area contributed by atoms with Gasteiger partial charge in [-0.15, -0.1) is 0 Å². The molecular weight excluding hydrogens is 182 g/mol. The number of oxime groups is 1. The minimum absolute atomic E-state index is 0.187. The fourth-order valence-corrected chi connectivity index (χ4v) is 0.817. The molecule has 0 fully saturated rings. The maximum absolute atomic E-state index is 8.23. The molecule has 0 rings (SSSR count). The molecule has 0 radical (unpaired) electrons. The second-order valence-electron chi connectivity index (χ2n) is 3.56. The average molecular weight is 203 g/mol. The van der Waals surface area contributed by atoms with E-state index < -0.39 is 0 Å². The van der Waals surface area contributed by atoms with Crippen molar-refractivity contribution in [1.29, 1.82) is 0 Å². The topological polar surface area (TPSA) is 79.9 Å². The van der Waals surface area contributed by atoms with Gasteiger partial charge in [0.1, 0.15) is 0 Å². The van der Waals surface area contributed by atoms with Crippen LogP contribution in [-0.2, 0) is 4.74 Å². The molecular formula is C9H21N3O2. The minimum atomic E-state index is 0.187. The molecule has 0 saturated heterocycles. The van der Waals surface area contributed by atoms with Crippen LogP contribution in [0.4, 0.5) is 0 Å². The van der Waals surface area contributed by atoms with E-state index >= 15 is 0 Å². The predicted molar refractivity (Wildman–Crippen MR) is 56.6 cm³/mol. The molecule has 84 valence electrons. The molecule has 5 heteroatoms. The lowest BCUT2D eigenvalue weighted by atomic mass is 10.1. The van der Waals surface area contributed by atoms with Crippen molar-refractivity contribution in [3.8, 4) is 0 Å². The Morgan fingerprint density at radius 1 is 1.50 bits per heavy atom. The van der Waals surface area contributed by atoms with Crippen molar-refractivity contribution in [1.82, 2.24) is 5.32 Å². The SMILES string of the molecule is CC(C)CCOCCNCC(N)=NO. The molecule has 5 nitrogen and oxygen atoms in total. The molecule has 0 saturated carbocycles. The van der Waals surface area contributed by atoms with E-state index in [2.05, 4.69) is 24.3 Å². The highest BCUT2D eigenvalue weighted by Crippen LogP contribution is 1.97. The van der Waals surface area contributed by atoms with Crippen LogP contribution in [-0.4, -0.2) is 37.3 Å². The van der Waals surface area contributed by atoms with Crippen LogP contribution < -0.4 is 11.1 Å². The van der Waals surface area contributed by atoms with E-state index in [-0.39, 0.29) is 5.84 Å². The van der Waals surface area contributed by atoms with Crippen molar-refractivity contribution in [2.24, 2.45) is 16.8 Å². The normalized spacial score (nSPS) is 12.4. The Morgan fingerprint density at radius 2 is 2.21 bits per heavy atom. The van der Waals surface area contributed by atoms with E-state index in [0.717, 1.165) is 13.0 Å². The number of ether oxygens (including phenoxy) is 1. The van der Waals surface area contributed by atoms with Gasteiger partial charge in [0.25, 0.3) is 0 Å². The van der Waals surface area contributed by atoms with Crippen LogP contribution in [0, 0.1) is 5.92 Å². The molecule has 0 aliphatic heterocycles. The van der Waals surface area contributed by atoms with Gasteiger partial charge in [0.05, 0.1) is 13.2 Å². The van der Waals surface area contributed by atoms with E-state index in [4.69, 9.17) is 15.7 Å². The van der Waals surface area contributed by atoms with E-state index in [1.54, 1.807) is 0 Å². The molecule has 0 heterocycles. The largest absolute Gasteiger partial charge is 0.409 e. The van der Waals surface area contributed by atoms with Crippen LogP contribution in [0.5, 0.6) is 0 Å². The van der Waals surface area contributed by atoms with Crippen molar-refractivity contribution in [3.05, 3.63) is 0 Å². The zero-order valence-corrected chi connectivity index (χ0v) is 8.99. The second kappa shape index (κ2) is 8.77. The molecule has 0 aromatic heterocycles. The molecule has 0 aliphatic carbocycles. The van der Waals surface area contributed by atoms with Crippen LogP contribution in [0.25, 0.3) is 0 Å². The molecule has 0 aromatic carbocycles. The first-order chi connectivity index (χ1) is 6.66. The van der Waals surface area contributed by atoms with Gasteiger partial charge in [-0.3, -0.25) is 0 Å². The number of hydrogen-bond donors (Lipinski definition) is 3. The zero-order chi connectivity index (χ0) is 10.8. The lowest BCUT2D eigenvalue weighted by Crippen LogP contribution is -2.31. The molecule has 0 amide bonds. The number of rotatable bonds is 8. The maximum Gasteiger partial charge on any atom is 0.153 e. The van der Waals surface area contributed by atoms with E-state index in [1.807, 2.05) is 0 Å². The quantitative estimate of drug-likeness (QED) is 0.175.